The van der Waals surface area contributed by atoms with Crippen molar-refractivity contribution in [2.75, 3.05) is 7.11 Å². The van der Waals surface area contributed by atoms with Crippen molar-refractivity contribution in [1.82, 2.24) is 0 Å². The number of methoxy groups -OCH3 is 1. The Kier molecular flexibility index (Phi) is 3.10. The van der Waals surface area contributed by atoms with Crippen molar-refractivity contribution in [3.63, 3.8) is 0 Å². The van der Waals surface area contributed by atoms with Gasteiger partial charge in [0.1, 0.15) is 0 Å². The maximum absolute atomic E-state index is 11.1. The zero-order valence-corrected chi connectivity index (χ0v) is 8.59. The quantitative estimate of drug-likeness (QED) is 0.554. The van der Waals surface area contributed by atoms with E-state index >= 15 is 0 Å². The summed E-state index contributed by atoms with van der Waals surface area (Å²) in [5.41, 5.74) is 1.20. The summed E-state index contributed by atoms with van der Waals surface area (Å²) in [5.74, 6) is 2.11. The van der Waals surface area contributed by atoms with Crippen LogP contribution in [0.1, 0.15) is 15.9 Å². The fraction of sp³-hybridized carbons (Fsp3) is 0.100. The lowest BCUT2D eigenvalue weighted by Gasteiger charge is -2.00. The molecule has 1 rings (SSSR count). The Morgan fingerprint density at radius 2 is 2.31 bits per heavy atom. The van der Waals surface area contributed by atoms with E-state index in [1.807, 2.05) is 0 Å². The van der Waals surface area contributed by atoms with Crippen LogP contribution in [-0.4, -0.2) is 13.1 Å². The summed E-state index contributed by atoms with van der Waals surface area (Å²) < 4.78 is 5.27. The molecule has 0 spiro atoms. The third-order valence-corrected chi connectivity index (χ3v) is 2.20. The Labute approximate surface area is 85.0 Å². The minimum Gasteiger partial charge on any atom is -0.465 e. The van der Waals surface area contributed by atoms with Crippen molar-refractivity contribution in [3.8, 4) is 12.3 Å². The first-order chi connectivity index (χ1) is 6.19. The number of esters is 1. The van der Waals surface area contributed by atoms with E-state index in [0.29, 0.717) is 11.1 Å². The molecule has 0 unspecified atom stereocenters. The zero-order chi connectivity index (χ0) is 9.84. The van der Waals surface area contributed by atoms with Gasteiger partial charge in [-0.3, -0.25) is 0 Å². The van der Waals surface area contributed by atoms with Crippen molar-refractivity contribution < 1.29 is 9.53 Å². The number of hydrogen-bond donors (Lipinski definition) is 0. The zero-order valence-electron chi connectivity index (χ0n) is 7.00. The smallest absolute Gasteiger partial charge is 0.337 e. The summed E-state index contributed by atoms with van der Waals surface area (Å²) in [7, 11) is 1.34. The number of halogens is 1. The first-order valence-corrected chi connectivity index (χ1v) is 4.33. The molecule has 0 saturated carbocycles. The molecular weight excluding hydrogens is 232 g/mol. The SMILES string of the molecule is C#Cc1ccc(C(=O)OC)cc1Br. The van der Waals surface area contributed by atoms with Crippen LogP contribution in [0.25, 0.3) is 0 Å². The lowest BCUT2D eigenvalue weighted by molar-refractivity contribution is 0.0600. The van der Waals surface area contributed by atoms with Gasteiger partial charge in [0.2, 0.25) is 0 Å². The first kappa shape index (κ1) is 9.82. The highest BCUT2D eigenvalue weighted by molar-refractivity contribution is 9.10. The van der Waals surface area contributed by atoms with Gasteiger partial charge in [-0.1, -0.05) is 5.92 Å². The largest absolute Gasteiger partial charge is 0.465 e. The third kappa shape index (κ3) is 2.10. The molecule has 0 bridgehead atoms. The number of rotatable bonds is 1. The van der Waals surface area contributed by atoms with Gasteiger partial charge < -0.3 is 4.74 Å². The molecule has 2 nitrogen and oxygen atoms in total. The van der Waals surface area contributed by atoms with E-state index in [0.717, 1.165) is 4.47 Å². The number of benzene rings is 1. The van der Waals surface area contributed by atoms with Crippen LogP contribution in [0.15, 0.2) is 22.7 Å². The second-order valence-corrected chi connectivity index (χ2v) is 3.18. The highest BCUT2D eigenvalue weighted by Crippen LogP contribution is 2.17. The van der Waals surface area contributed by atoms with Crippen LogP contribution < -0.4 is 0 Å². The van der Waals surface area contributed by atoms with Gasteiger partial charge in [0.15, 0.2) is 0 Å². The minimum absolute atomic E-state index is 0.371. The molecule has 0 radical (unpaired) electrons. The molecule has 0 fully saturated rings. The lowest BCUT2D eigenvalue weighted by Crippen LogP contribution is -2.00. The van der Waals surface area contributed by atoms with Crippen LogP contribution in [0.3, 0.4) is 0 Å². The van der Waals surface area contributed by atoms with Crippen molar-refractivity contribution in [2.45, 2.75) is 0 Å². The molecule has 0 N–H and O–H groups in total. The average molecular weight is 239 g/mol. The number of terminal acetylenes is 1. The van der Waals surface area contributed by atoms with E-state index in [-0.39, 0.29) is 5.97 Å². The molecule has 0 atom stereocenters. The van der Waals surface area contributed by atoms with E-state index < -0.39 is 0 Å². The molecule has 0 aliphatic rings. The van der Waals surface area contributed by atoms with Gasteiger partial charge in [-0.15, -0.1) is 6.42 Å². The van der Waals surface area contributed by atoms with Crippen LogP contribution in [0.5, 0.6) is 0 Å². The lowest BCUT2D eigenvalue weighted by atomic mass is 10.1. The normalized spacial score (nSPS) is 9.00. The number of carbonyl (C=O) groups excluding carboxylic acids is 1. The summed E-state index contributed by atoms with van der Waals surface area (Å²) in [4.78, 5) is 11.1. The maximum atomic E-state index is 11.1. The minimum atomic E-state index is -0.371. The fourth-order valence-electron chi connectivity index (χ4n) is 0.877. The van der Waals surface area contributed by atoms with Crippen molar-refractivity contribution in [2.24, 2.45) is 0 Å². The molecule has 13 heavy (non-hydrogen) atoms. The highest BCUT2D eigenvalue weighted by Gasteiger charge is 2.06. The van der Waals surface area contributed by atoms with E-state index in [2.05, 4.69) is 26.6 Å². The summed E-state index contributed by atoms with van der Waals surface area (Å²) in [6, 6.07) is 4.96. The molecule has 0 aromatic heterocycles. The Morgan fingerprint density at radius 1 is 1.62 bits per heavy atom. The second kappa shape index (κ2) is 4.11. The fourth-order valence-corrected chi connectivity index (χ4v) is 1.37. The monoisotopic (exact) mass is 238 g/mol. The second-order valence-electron chi connectivity index (χ2n) is 2.33. The van der Waals surface area contributed by atoms with Gasteiger partial charge in [0.05, 0.1) is 12.7 Å². The van der Waals surface area contributed by atoms with Crippen molar-refractivity contribution in [3.05, 3.63) is 33.8 Å². The highest BCUT2D eigenvalue weighted by atomic mass is 79.9. The van der Waals surface area contributed by atoms with E-state index in [1.165, 1.54) is 7.11 Å². The number of carbonyl (C=O) groups is 1. The predicted molar refractivity (Wildman–Crippen MR) is 53.4 cm³/mol. The molecular formula is C10H7BrO2. The maximum Gasteiger partial charge on any atom is 0.337 e. The van der Waals surface area contributed by atoms with Crippen LogP contribution >= 0.6 is 15.9 Å². The molecule has 0 aliphatic heterocycles. The topological polar surface area (TPSA) is 26.3 Å². The van der Waals surface area contributed by atoms with Gasteiger partial charge in [-0.05, 0) is 34.1 Å². The van der Waals surface area contributed by atoms with Crippen molar-refractivity contribution >= 4 is 21.9 Å². The number of ether oxygens (including phenoxy) is 1. The van der Waals surface area contributed by atoms with E-state index in [1.54, 1.807) is 18.2 Å². The van der Waals surface area contributed by atoms with E-state index in [9.17, 15) is 4.79 Å². The van der Waals surface area contributed by atoms with Crippen LogP contribution in [-0.2, 0) is 4.74 Å². The third-order valence-electron chi connectivity index (χ3n) is 1.55. The van der Waals surface area contributed by atoms with Crippen LogP contribution in [0, 0.1) is 12.3 Å². The predicted octanol–water partition coefficient (Wildman–Crippen LogP) is 2.22. The molecule has 0 aliphatic carbocycles. The Morgan fingerprint density at radius 3 is 2.77 bits per heavy atom. The Balaban J connectivity index is 3.11. The van der Waals surface area contributed by atoms with Crippen LogP contribution in [0.2, 0.25) is 0 Å². The summed E-state index contributed by atoms with van der Waals surface area (Å²) in [6.45, 7) is 0. The molecule has 1 aromatic carbocycles. The molecule has 1 aromatic rings. The molecule has 0 heterocycles. The van der Waals surface area contributed by atoms with Gasteiger partial charge in [-0.2, -0.15) is 0 Å². The standard InChI is InChI=1S/C10H7BrO2/c1-3-7-4-5-8(6-9(7)11)10(12)13-2/h1,4-6H,2H3. The van der Waals surface area contributed by atoms with Gasteiger partial charge >= 0.3 is 5.97 Å². The summed E-state index contributed by atoms with van der Waals surface area (Å²) >= 11 is 3.25. The number of hydrogen-bond acceptors (Lipinski definition) is 2. The molecule has 3 heteroatoms. The van der Waals surface area contributed by atoms with Crippen molar-refractivity contribution in [1.29, 1.82) is 0 Å². The summed E-state index contributed by atoms with van der Waals surface area (Å²) in [6.07, 6.45) is 5.21. The molecule has 0 saturated heterocycles. The van der Waals surface area contributed by atoms with Gasteiger partial charge in [0.25, 0.3) is 0 Å². The summed E-state index contributed by atoms with van der Waals surface area (Å²) in [5, 5.41) is 0. The Hall–Kier alpha value is -1.27. The van der Waals surface area contributed by atoms with Crippen LogP contribution in [0.4, 0.5) is 0 Å². The molecule has 0 amide bonds. The Bertz CT molecular complexity index is 377. The van der Waals surface area contributed by atoms with E-state index in [4.69, 9.17) is 6.42 Å². The van der Waals surface area contributed by atoms with Gasteiger partial charge in [0, 0.05) is 10.0 Å². The average Bonchev–Trinajstić information content (AvgIpc) is 2.16. The van der Waals surface area contributed by atoms with Gasteiger partial charge in [-0.25, -0.2) is 4.79 Å². The molecule has 66 valence electrons. The first-order valence-electron chi connectivity index (χ1n) is 3.53.